The van der Waals surface area contributed by atoms with Gasteiger partial charge in [-0.05, 0) is 31.5 Å². The standard InChI is InChI=1S/C11H14FNO2/c1-7(2)15-10-4-3-8(5-9(10)12)6-11(13)14/h3-5,7H,6H2,1-2H3,(H2,13,14). The van der Waals surface area contributed by atoms with Crippen molar-refractivity contribution >= 4 is 5.91 Å². The highest BCUT2D eigenvalue weighted by Gasteiger charge is 2.07. The third kappa shape index (κ3) is 3.58. The number of amides is 1. The fourth-order valence-electron chi connectivity index (χ4n) is 1.20. The molecule has 3 nitrogen and oxygen atoms in total. The lowest BCUT2D eigenvalue weighted by atomic mass is 10.1. The Hall–Kier alpha value is -1.58. The number of halogens is 1. The van der Waals surface area contributed by atoms with E-state index in [4.69, 9.17) is 10.5 Å². The largest absolute Gasteiger partial charge is 0.488 e. The normalized spacial score (nSPS) is 10.4. The summed E-state index contributed by atoms with van der Waals surface area (Å²) in [4.78, 5) is 10.6. The number of nitrogens with two attached hydrogens (primary N) is 1. The summed E-state index contributed by atoms with van der Waals surface area (Å²) < 4.78 is 18.6. The van der Waals surface area contributed by atoms with Crippen LogP contribution >= 0.6 is 0 Å². The molecule has 2 N–H and O–H groups in total. The van der Waals surface area contributed by atoms with Gasteiger partial charge in [0.25, 0.3) is 0 Å². The highest BCUT2D eigenvalue weighted by molar-refractivity contribution is 5.76. The Morgan fingerprint density at radius 1 is 1.53 bits per heavy atom. The van der Waals surface area contributed by atoms with Crippen LogP contribution in [-0.4, -0.2) is 12.0 Å². The van der Waals surface area contributed by atoms with Crippen LogP contribution in [0.4, 0.5) is 4.39 Å². The van der Waals surface area contributed by atoms with Gasteiger partial charge in [-0.1, -0.05) is 6.07 Å². The monoisotopic (exact) mass is 211 g/mol. The van der Waals surface area contributed by atoms with Crippen molar-refractivity contribution in [2.24, 2.45) is 5.73 Å². The van der Waals surface area contributed by atoms with E-state index in [-0.39, 0.29) is 18.3 Å². The second-order valence-corrected chi connectivity index (χ2v) is 3.57. The molecule has 0 saturated carbocycles. The average Bonchev–Trinajstić information content (AvgIpc) is 2.08. The minimum Gasteiger partial charge on any atom is -0.488 e. The maximum Gasteiger partial charge on any atom is 0.221 e. The van der Waals surface area contributed by atoms with Gasteiger partial charge in [0.15, 0.2) is 11.6 Å². The van der Waals surface area contributed by atoms with Crippen molar-refractivity contribution in [2.75, 3.05) is 0 Å². The third-order valence-electron chi connectivity index (χ3n) is 1.74. The molecule has 0 heterocycles. The number of hydrogen-bond donors (Lipinski definition) is 1. The molecule has 1 aromatic rings. The van der Waals surface area contributed by atoms with Crippen LogP contribution in [0, 0.1) is 5.82 Å². The molecule has 82 valence electrons. The number of rotatable bonds is 4. The van der Waals surface area contributed by atoms with Crippen molar-refractivity contribution in [2.45, 2.75) is 26.4 Å². The Kier molecular flexibility index (Phi) is 3.66. The Balaban J connectivity index is 2.83. The summed E-state index contributed by atoms with van der Waals surface area (Å²) in [5.41, 5.74) is 5.55. The number of ether oxygens (including phenoxy) is 1. The summed E-state index contributed by atoms with van der Waals surface area (Å²) >= 11 is 0. The first-order valence-corrected chi connectivity index (χ1v) is 4.72. The van der Waals surface area contributed by atoms with Gasteiger partial charge in [-0.25, -0.2) is 4.39 Å². The van der Waals surface area contributed by atoms with E-state index in [1.807, 2.05) is 13.8 Å². The van der Waals surface area contributed by atoms with E-state index in [1.165, 1.54) is 12.1 Å². The zero-order valence-electron chi connectivity index (χ0n) is 8.79. The van der Waals surface area contributed by atoms with Crippen LogP contribution in [0.5, 0.6) is 5.75 Å². The molecule has 0 aliphatic carbocycles. The van der Waals surface area contributed by atoms with Crippen LogP contribution in [0.15, 0.2) is 18.2 Å². The van der Waals surface area contributed by atoms with E-state index in [1.54, 1.807) is 6.07 Å². The molecule has 0 fully saturated rings. The molecule has 0 spiro atoms. The topological polar surface area (TPSA) is 52.3 Å². The second kappa shape index (κ2) is 4.77. The molecule has 0 aromatic heterocycles. The zero-order valence-corrected chi connectivity index (χ0v) is 8.79. The maximum atomic E-state index is 13.4. The lowest BCUT2D eigenvalue weighted by molar-refractivity contribution is -0.117. The Morgan fingerprint density at radius 2 is 2.20 bits per heavy atom. The van der Waals surface area contributed by atoms with Gasteiger partial charge in [0.2, 0.25) is 5.91 Å². The van der Waals surface area contributed by atoms with E-state index < -0.39 is 11.7 Å². The highest BCUT2D eigenvalue weighted by Crippen LogP contribution is 2.19. The van der Waals surface area contributed by atoms with Crippen LogP contribution in [-0.2, 0) is 11.2 Å². The summed E-state index contributed by atoms with van der Waals surface area (Å²) in [6.45, 7) is 3.63. The lowest BCUT2D eigenvalue weighted by Crippen LogP contribution is -2.14. The highest BCUT2D eigenvalue weighted by atomic mass is 19.1. The number of primary amides is 1. The maximum absolute atomic E-state index is 13.4. The zero-order chi connectivity index (χ0) is 11.4. The third-order valence-corrected chi connectivity index (χ3v) is 1.74. The van der Waals surface area contributed by atoms with Crippen molar-refractivity contribution in [1.82, 2.24) is 0 Å². The van der Waals surface area contributed by atoms with E-state index >= 15 is 0 Å². The van der Waals surface area contributed by atoms with E-state index in [9.17, 15) is 9.18 Å². The second-order valence-electron chi connectivity index (χ2n) is 3.57. The lowest BCUT2D eigenvalue weighted by Gasteiger charge is -2.10. The predicted octanol–water partition coefficient (Wildman–Crippen LogP) is 1.64. The van der Waals surface area contributed by atoms with Crippen LogP contribution in [0.25, 0.3) is 0 Å². The van der Waals surface area contributed by atoms with E-state index in [0.29, 0.717) is 5.56 Å². The predicted molar refractivity (Wildman–Crippen MR) is 55.1 cm³/mol. The minimum atomic E-state index is -0.480. The Labute approximate surface area is 88.0 Å². The van der Waals surface area contributed by atoms with Gasteiger partial charge >= 0.3 is 0 Å². The smallest absolute Gasteiger partial charge is 0.221 e. The van der Waals surface area contributed by atoms with Gasteiger partial charge in [0.05, 0.1) is 12.5 Å². The summed E-state index contributed by atoms with van der Waals surface area (Å²) in [6, 6.07) is 4.40. The van der Waals surface area contributed by atoms with Crippen LogP contribution in [0.1, 0.15) is 19.4 Å². The molecule has 15 heavy (non-hydrogen) atoms. The molecule has 0 aliphatic heterocycles. The van der Waals surface area contributed by atoms with Crippen molar-refractivity contribution in [1.29, 1.82) is 0 Å². The van der Waals surface area contributed by atoms with Gasteiger partial charge in [0, 0.05) is 0 Å². The fraction of sp³-hybridized carbons (Fsp3) is 0.364. The van der Waals surface area contributed by atoms with Crippen molar-refractivity contribution in [3.8, 4) is 5.75 Å². The number of benzene rings is 1. The molecule has 1 rings (SSSR count). The SMILES string of the molecule is CC(C)Oc1ccc(CC(N)=O)cc1F. The van der Waals surface area contributed by atoms with E-state index in [0.717, 1.165) is 0 Å². The molecule has 0 saturated heterocycles. The van der Waals surface area contributed by atoms with E-state index in [2.05, 4.69) is 0 Å². The van der Waals surface area contributed by atoms with Crippen LogP contribution < -0.4 is 10.5 Å². The average molecular weight is 211 g/mol. The van der Waals surface area contributed by atoms with Crippen LogP contribution in [0.2, 0.25) is 0 Å². The Morgan fingerprint density at radius 3 is 2.67 bits per heavy atom. The number of carbonyl (C=O) groups is 1. The molecular weight excluding hydrogens is 197 g/mol. The number of hydrogen-bond acceptors (Lipinski definition) is 2. The fourth-order valence-corrected chi connectivity index (χ4v) is 1.20. The molecule has 1 aromatic carbocycles. The van der Waals surface area contributed by atoms with Gasteiger partial charge in [-0.15, -0.1) is 0 Å². The molecule has 4 heteroatoms. The van der Waals surface area contributed by atoms with Crippen molar-refractivity contribution in [3.05, 3.63) is 29.6 Å². The molecule has 1 amide bonds. The molecule has 0 radical (unpaired) electrons. The molecule has 0 aliphatic rings. The quantitative estimate of drug-likeness (QED) is 0.823. The first kappa shape index (κ1) is 11.5. The Bertz CT molecular complexity index is 364. The van der Waals surface area contributed by atoms with Crippen LogP contribution in [0.3, 0.4) is 0 Å². The van der Waals surface area contributed by atoms with Gasteiger partial charge in [0.1, 0.15) is 0 Å². The summed E-state index contributed by atoms with van der Waals surface area (Å²) in [5.74, 6) is -0.757. The van der Waals surface area contributed by atoms with Gasteiger partial charge in [-0.3, -0.25) is 4.79 Å². The first-order valence-electron chi connectivity index (χ1n) is 4.72. The summed E-state index contributed by atoms with van der Waals surface area (Å²) in [6.07, 6.45) is -0.0414. The summed E-state index contributed by atoms with van der Waals surface area (Å²) in [5, 5.41) is 0. The molecule has 0 unspecified atom stereocenters. The minimum absolute atomic E-state index is 0.0406. The number of carbonyl (C=O) groups excluding carboxylic acids is 1. The summed E-state index contributed by atoms with van der Waals surface area (Å²) in [7, 11) is 0. The molecular formula is C11H14FNO2. The van der Waals surface area contributed by atoms with Gasteiger partial charge < -0.3 is 10.5 Å². The first-order chi connectivity index (χ1) is 6.99. The van der Waals surface area contributed by atoms with Crippen molar-refractivity contribution in [3.63, 3.8) is 0 Å². The molecule has 0 bridgehead atoms. The van der Waals surface area contributed by atoms with Crippen molar-refractivity contribution < 1.29 is 13.9 Å². The van der Waals surface area contributed by atoms with Gasteiger partial charge in [-0.2, -0.15) is 0 Å². The molecule has 0 atom stereocenters.